The Morgan fingerprint density at radius 2 is 2.38 bits per heavy atom. The van der Waals surface area contributed by atoms with Gasteiger partial charge in [-0.05, 0) is 36.3 Å². The van der Waals surface area contributed by atoms with Crippen LogP contribution in [0, 0.1) is 12.3 Å². The van der Waals surface area contributed by atoms with Gasteiger partial charge in [0.05, 0.1) is 13.3 Å². The second-order valence-electron chi connectivity index (χ2n) is 3.93. The molecule has 21 heavy (non-hydrogen) atoms. The molecule has 0 aliphatic carbocycles. The van der Waals surface area contributed by atoms with Gasteiger partial charge in [-0.25, -0.2) is 0 Å². The molecule has 3 N–H and O–H groups in total. The van der Waals surface area contributed by atoms with Crippen molar-refractivity contribution in [3.8, 4) is 23.8 Å². The third-order valence-electron chi connectivity index (χ3n) is 2.43. The molecular weight excluding hydrogens is 286 g/mol. The molecule has 0 aliphatic heterocycles. The minimum Gasteiger partial charge on any atom is -0.493 e. The fourth-order valence-electron chi connectivity index (χ4n) is 1.66. The number of nitrogens with one attached hydrogen (secondary N) is 1. The van der Waals surface area contributed by atoms with Crippen LogP contribution in [0.5, 0.6) is 11.5 Å². The van der Waals surface area contributed by atoms with Crippen molar-refractivity contribution in [2.24, 2.45) is 10.8 Å². The van der Waals surface area contributed by atoms with Crippen molar-refractivity contribution < 1.29 is 9.47 Å². The van der Waals surface area contributed by atoms with E-state index >= 15 is 0 Å². The number of rotatable bonds is 7. The van der Waals surface area contributed by atoms with E-state index in [9.17, 15) is 0 Å². The summed E-state index contributed by atoms with van der Waals surface area (Å²) >= 11 is 4.67. The summed E-state index contributed by atoms with van der Waals surface area (Å²) in [6, 6.07) is 3.68. The molecule has 5 nitrogen and oxygen atoms in total. The molecule has 1 aromatic rings. The molecular formula is C15H17N3O2S. The SMILES string of the molecule is C#CCOc1c(CC=C)cc(C=NNC(N)=S)cc1OC. The second kappa shape index (κ2) is 8.61. The number of ether oxygens (including phenoxy) is 2. The lowest BCUT2D eigenvalue weighted by Crippen LogP contribution is -2.24. The Kier molecular flexibility index (Phi) is 6.78. The monoisotopic (exact) mass is 303 g/mol. The standard InChI is InChI=1S/C15H17N3O2S/c1-4-6-12-8-11(10-17-18-15(16)21)9-13(19-3)14(12)20-7-5-2/h2,4,8-10H,1,6-7H2,3H3,(H3,16,18,21). The number of hydrazone groups is 1. The summed E-state index contributed by atoms with van der Waals surface area (Å²) in [7, 11) is 1.56. The highest BCUT2D eigenvalue weighted by molar-refractivity contribution is 7.80. The topological polar surface area (TPSA) is 68.9 Å². The number of methoxy groups -OCH3 is 1. The highest BCUT2D eigenvalue weighted by Gasteiger charge is 2.11. The van der Waals surface area contributed by atoms with E-state index in [2.05, 4.69) is 35.2 Å². The molecule has 1 aromatic carbocycles. The molecule has 1 rings (SSSR count). The van der Waals surface area contributed by atoms with Gasteiger partial charge < -0.3 is 15.2 Å². The molecule has 0 spiro atoms. The van der Waals surface area contributed by atoms with Gasteiger partial charge in [0.1, 0.15) is 6.61 Å². The summed E-state index contributed by atoms with van der Waals surface area (Å²) in [6.07, 6.45) is 9.19. The predicted molar refractivity (Wildman–Crippen MR) is 88.7 cm³/mol. The Morgan fingerprint density at radius 1 is 1.62 bits per heavy atom. The summed E-state index contributed by atoms with van der Waals surface area (Å²) in [5, 5.41) is 4.01. The van der Waals surface area contributed by atoms with Gasteiger partial charge in [-0.15, -0.1) is 13.0 Å². The van der Waals surface area contributed by atoms with E-state index in [0.717, 1.165) is 11.1 Å². The summed E-state index contributed by atoms with van der Waals surface area (Å²) < 4.78 is 10.9. The van der Waals surface area contributed by atoms with Crippen LogP contribution in [0.2, 0.25) is 0 Å². The third kappa shape index (κ3) is 5.16. The quantitative estimate of drug-likeness (QED) is 0.263. The molecule has 6 heteroatoms. The number of terminal acetylenes is 1. The maximum absolute atomic E-state index is 5.55. The molecule has 0 amide bonds. The normalized spacial score (nSPS) is 9.90. The smallest absolute Gasteiger partial charge is 0.184 e. The summed E-state index contributed by atoms with van der Waals surface area (Å²) in [5.41, 5.74) is 9.50. The molecule has 110 valence electrons. The molecule has 0 saturated carbocycles. The minimum atomic E-state index is 0.0958. The number of allylic oxidation sites excluding steroid dienone is 1. The van der Waals surface area contributed by atoms with Crippen molar-refractivity contribution in [2.75, 3.05) is 13.7 Å². The first-order valence-electron chi connectivity index (χ1n) is 6.09. The Hall–Kier alpha value is -2.52. The fourth-order valence-corrected chi connectivity index (χ4v) is 1.72. The maximum Gasteiger partial charge on any atom is 0.184 e. The molecule has 0 atom stereocenters. The zero-order chi connectivity index (χ0) is 15.7. The maximum atomic E-state index is 5.55. The fraction of sp³-hybridized carbons (Fsp3) is 0.200. The highest BCUT2D eigenvalue weighted by atomic mass is 32.1. The molecule has 0 bridgehead atoms. The molecule has 0 aromatic heterocycles. The highest BCUT2D eigenvalue weighted by Crippen LogP contribution is 2.33. The van der Waals surface area contributed by atoms with Crippen molar-refractivity contribution >= 4 is 23.5 Å². The molecule has 0 radical (unpaired) electrons. The number of thiocarbonyl (C=S) groups is 1. The lowest BCUT2D eigenvalue weighted by molar-refractivity contribution is 0.328. The minimum absolute atomic E-state index is 0.0958. The summed E-state index contributed by atoms with van der Waals surface area (Å²) in [6.45, 7) is 3.90. The van der Waals surface area contributed by atoms with E-state index in [1.807, 2.05) is 6.07 Å². The predicted octanol–water partition coefficient (Wildman–Crippen LogP) is 1.60. The Labute approximate surface area is 129 Å². The van der Waals surface area contributed by atoms with Crippen molar-refractivity contribution in [3.63, 3.8) is 0 Å². The zero-order valence-electron chi connectivity index (χ0n) is 11.8. The van der Waals surface area contributed by atoms with Crippen LogP contribution in [-0.2, 0) is 6.42 Å². The van der Waals surface area contributed by atoms with Gasteiger partial charge in [0, 0.05) is 5.56 Å². The Bertz CT molecular complexity index is 591. The first-order chi connectivity index (χ1) is 10.1. The number of hydrogen-bond donors (Lipinski definition) is 2. The van der Waals surface area contributed by atoms with Gasteiger partial charge >= 0.3 is 0 Å². The number of hydrogen-bond acceptors (Lipinski definition) is 4. The van der Waals surface area contributed by atoms with Gasteiger partial charge in [0.25, 0.3) is 0 Å². The largest absolute Gasteiger partial charge is 0.493 e. The van der Waals surface area contributed by atoms with Crippen molar-refractivity contribution in [1.82, 2.24) is 5.43 Å². The molecule has 0 saturated heterocycles. The van der Waals surface area contributed by atoms with Gasteiger partial charge in [0.2, 0.25) is 0 Å². The molecule has 0 fully saturated rings. The van der Waals surface area contributed by atoms with Gasteiger partial charge in [0.15, 0.2) is 16.6 Å². The lowest BCUT2D eigenvalue weighted by Gasteiger charge is -2.14. The van der Waals surface area contributed by atoms with Crippen molar-refractivity contribution in [1.29, 1.82) is 0 Å². The van der Waals surface area contributed by atoms with E-state index in [1.54, 1.807) is 25.5 Å². The van der Waals surface area contributed by atoms with E-state index in [1.165, 1.54) is 0 Å². The first kappa shape index (κ1) is 16.5. The van der Waals surface area contributed by atoms with Crippen LogP contribution < -0.4 is 20.6 Å². The van der Waals surface area contributed by atoms with Crippen LogP contribution in [0.25, 0.3) is 0 Å². The number of nitrogens with zero attached hydrogens (tertiary/aromatic N) is 1. The molecule has 0 unspecified atom stereocenters. The summed E-state index contributed by atoms with van der Waals surface area (Å²) in [5.74, 6) is 3.61. The van der Waals surface area contributed by atoms with Gasteiger partial charge in [-0.1, -0.05) is 12.0 Å². The second-order valence-corrected chi connectivity index (χ2v) is 4.37. The van der Waals surface area contributed by atoms with Gasteiger partial charge in [-0.3, -0.25) is 5.43 Å². The number of benzene rings is 1. The van der Waals surface area contributed by atoms with Crippen LogP contribution in [-0.4, -0.2) is 25.0 Å². The first-order valence-corrected chi connectivity index (χ1v) is 6.49. The zero-order valence-corrected chi connectivity index (χ0v) is 12.6. The summed E-state index contributed by atoms with van der Waals surface area (Å²) in [4.78, 5) is 0. The average Bonchev–Trinajstić information content (AvgIpc) is 2.45. The number of nitrogens with two attached hydrogens (primary N) is 1. The van der Waals surface area contributed by atoms with Crippen LogP contribution in [0.15, 0.2) is 29.9 Å². The van der Waals surface area contributed by atoms with Gasteiger partial charge in [-0.2, -0.15) is 5.10 Å². The lowest BCUT2D eigenvalue weighted by atomic mass is 10.1. The van der Waals surface area contributed by atoms with Crippen LogP contribution in [0.4, 0.5) is 0 Å². The van der Waals surface area contributed by atoms with Crippen LogP contribution in [0.3, 0.4) is 0 Å². The third-order valence-corrected chi connectivity index (χ3v) is 2.52. The molecule has 0 heterocycles. The van der Waals surface area contributed by atoms with E-state index in [-0.39, 0.29) is 11.7 Å². The van der Waals surface area contributed by atoms with Crippen LogP contribution in [0.1, 0.15) is 11.1 Å². The van der Waals surface area contributed by atoms with E-state index in [4.69, 9.17) is 21.6 Å². The molecule has 0 aliphatic rings. The van der Waals surface area contributed by atoms with E-state index < -0.39 is 0 Å². The van der Waals surface area contributed by atoms with Crippen LogP contribution >= 0.6 is 12.2 Å². The Balaban J connectivity index is 3.15. The van der Waals surface area contributed by atoms with Crippen molar-refractivity contribution in [2.45, 2.75) is 6.42 Å². The average molecular weight is 303 g/mol. The van der Waals surface area contributed by atoms with Crippen molar-refractivity contribution in [3.05, 3.63) is 35.9 Å². The Morgan fingerprint density at radius 3 is 2.95 bits per heavy atom. The van der Waals surface area contributed by atoms with E-state index in [0.29, 0.717) is 17.9 Å².